The predicted molar refractivity (Wildman–Crippen MR) is 352 cm³/mol. The molecule has 0 saturated carbocycles. The SMILES string of the molecule is CC/C=C\C/C=C\C/C=C\C/C=C\C/C=C\C/C=C\CCCCCCCCCCCCCCCCC(=O)OCC(COC(=O)CCCC/C=C\C/C=C\C/C=C\C/C=C\CC)OC(=O)CCCC/C=C\C/C=C\C/C=C\C/C=C\CC. The smallest absolute Gasteiger partial charge is 0.306 e. The maximum atomic E-state index is 12.9. The number of ether oxygens (including phenoxy) is 3. The molecule has 81 heavy (non-hydrogen) atoms. The van der Waals surface area contributed by atoms with Crippen molar-refractivity contribution in [2.24, 2.45) is 0 Å². The second kappa shape index (κ2) is 67.3. The van der Waals surface area contributed by atoms with Gasteiger partial charge in [-0.05, 0) is 148 Å². The van der Waals surface area contributed by atoms with Crippen LogP contribution in [0.2, 0.25) is 0 Å². The Bertz CT molecular complexity index is 1860. The summed E-state index contributed by atoms with van der Waals surface area (Å²) in [6.07, 6.45) is 99.5. The van der Waals surface area contributed by atoms with Gasteiger partial charge in [0, 0.05) is 19.3 Å². The molecule has 6 nitrogen and oxygen atoms in total. The van der Waals surface area contributed by atoms with Gasteiger partial charge in [-0.15, -0.1) is 0 Å². The Kier molecular flexibility index (Phi) is 62.9. The molecule has 6 heteroatoms. The lowest BCUT2D eigenvalue weighted by atomic mass is 10.0. The number of carbonyl (C=O) groups is 3. The minimum atomic E-state index is -0.825. The fourth-order valence-corrected chi connectivity index (χ4v) is 8.43. The summed E-state index contributed by atoms with van der Waals surface area (Å²) in [6, 6.07) is 0. The standard InChI is InChI=1S/C75H118O6/c1-4-7-10-13-16-19-22-25-28-29-30-31-32-33-34-35-36-37-38-39-40-41-42-43-44-45-48-50-53-56-59-62-65-68-74(77)80-71-72(81-75(78)69-66-63-60-57-54-51-47-27-24-21-18-15-12-9-6-3)70-79-73(76)67-64-61-58-55-52-49-46-26-23-20-17-14-11-8-5-2/h7-12,16-21,25-28,30-31,33-34,36-37,46-47,52,54-55,57,72H,4-6,13-15,22-24,29,32,35,38-45,48-51,53,56,58-71H2,1-3H3/b10-7-,11-8-,12-9-,19-16-,20-17-,21-18-,28-25-,31-30-,34-33-,37-36-,46-26-,47-27-,55-52-,57-54-. The Morgan fingerprint density at radius 2 is 0.444 bits per heavy atom. The Labute approximate surface area is 498 Å². The molecule has 0 saturated heterocycles. The minimum absolute atomic E-state index is 0.114. The fourth-order valence-electron chi connectivity index (χ4n) is 8.43. The number of carbonyl (C=O) groups excluding carboxylic acids is 3. The van der Waals surface area contributed by atoms with Crippen molar-refractivity contribution in [1.29, 1.82) is 0 Å². The van der Waals surface area contributed by atoms with Crippen molar-refractivity contribution in [1.82, 2.24) is 0 Å². The number of hydrogen-bond donors (Lipinski definition) is 0. The molecule has 0 heterocycles. The highest BCUT2D eigenvalue weighted by Gasteiger charge is 2.19. The molecule has 0 spiro atoms. The molecule has 0 rings (SSSR count). The van der Waals surface area contributed by atoms with E-state index in [1.807, 2.05) is 0 Å². The second-order valence-electron chi connectivity index (χ2n) is 20.9. The summed E-state index contributed by atoms with van der Waals surface area (Å²) in [4.78, 5) is 38.3. The Morgan fingerprint density at radius 1 is 0.247 bits per heavy atom. The molecule has 454 valence electrons. The van der Waals surface area contributed by atoms with E-state index in [-0.39, 0.29) is 37.5 Å². The molecular weight excluding hydrogens is 997 g/mol. The molecule has 1 atom stereocenters. The molecule has 0 aromatic carbocycles. The highest BCUT2D eigenvalue weighted by Crippen LogP contribution is 2.15. The van der Waals surface area contributed by atoms with E-state index in [0.717, 1.165) is 135 Å². The Balaban J connectivity index is 4.30. The fraction of sp³-hybridized carbons (Fsp3) is 0.587. The molecule has 0 N–H and O–H groups in total. The van der Waals surface area contributed by atoms with Crippen molar-refractivity contribution >= 4 is 17.9 Å². The molecule has 0 aromatic heterocycles. The number of rotatable bonds is 57. The highest BCUT2D eigenvalue weighted by molar-refractivity contribution is 5.71. The zero-order valence-electron chi connectivity index (χ0n) is 52.0. The largest absolute Gasteiger partial charge is 0.462 e. The van der Waals surface area contributed by atoms with E-state index in [4.69, 9.17) is 14.2 Å². The first-order valence-electron chi connectivity index (χ1n) is 32.6. The first-order chi connectivity index (χ1) is 40.0. The van der Waals surface area contributed by atoms with Crippen LogP contribution in [-0.4, -0.2) is 37.2 Å². The third-order valence-corrected chi connectivity index (χ3v) is 13.2. The van der Waals surface area contributed by atoms with E-state index in [0.29, 0.717) is 25.7 Å². The first kappa shape index (κ1) is 75.8. The van der Waals surface area contributed by atoms with Gasteiger partial charge < -0.3 is 14.2 Å². The van der Waals surface area contributed by atoms with Crippen molar-refractivity contribution in [2.75, 3.05) is 13.2 Å². The topological polar surface area (TPSA) is 78.9 Å². The molecule has 0 bridgehead atoms. The number of unbranched alkanes of at least 4 members (excludes halogenated alkanes) is 18. The van der Waals surface area contributed by atoms with Gasteiger partial charge in [-0.3, -0.25) is 14.4 Å². The lowest BCUT2D eigenvalue weighted by molar-refractivity contribution is -0.167. The molecule has 0 radical (unpaired) electrons. The van der Waals surface area contributed by atoms with E-state index in [1.165, 1.54) is 77.0 Å². The molecular formula is C75H118O6. The zero-order chi connectivity index (χ0) is 58.5. The normalized spacial score (nSPS) is 13.3. The van der Waals surface area contributed by atoms with Crippen molar-refractivity contribution < 1.29 is 28.6 Å². The molecule has 0 aliphatic heterocycles. The number of hydrogen-bond acceptors (Lipinski definition) is 6. The molecule has 1 unspecified atom stereocenters. The Morgan fingerprint density at radius 3 is 0.716 bits per heavy atom. The van der Waals surface area contributed by atoms with Crippen LogP contribution >= 0.6 is 0 Å². The van der Waals surface area contributed by atoms with Crippen LogP contribution in [0.15, 0.2) is 170 Å². The monoisotopic (exact) mass is 1110 g/mol. The van der Waals surface area contributed by atoms with Crippen LogP contribution in [0.3, 0.4) is 0 Å². The van der Waals surface area contributed by atoms with E-state index in [2.05, 4.69) is 191 Å². The van der Waals surface area contributed by atoms with Crippen LogP contribution in [0.5, 0.6) is 0 Å². The highest BCUT2D eigenvalue weighted by atomic mass is 16.6. The van der Waals surface area contributed by atoms with Gasteiger partial charge in [0.25, 0.3) is 0 Å². The maximum absolute atomic E-state index is 12.9. The molecule has 0 amide bonds. The van der Waals surface area contributed by atoms with E-state index >= 15 is 0 Å². The average molecular weight is 1120 g/mol. The first-order valence-corrected chi connectivity index (χ1v) is 32.6. The van der Waals surface area contributed by atoms with Crippen LogP contribution < -0.4 is 0 Å². The van der Waals surface area contributed by atoms with E-state index in [9.17, 15) is 14.4 Å². The second-order valence-corrected chi connectivity index (χ2v) is 20.9. The average Bonchev–Trinajstić information content (AvgIpc) is 3.47. The van der Waals surface area contributed by atoms with Gasteiger partial charge in [0.1, 0.15) is 13.2 Å². The minimum Gasteiger partial charge on any atom is -0.462 e. The van der Waals surface area contributed by atoms with Gasteiger partial charge >= 0.3 is 17.9 Å². The van der Waals surface area contributed by atoms with E-state index in [1.54, 1.807) is 0 Å². The summed E-state index contributed by atoms with van der Waals surface area (Å²) >= 11 is 0. The summed E-state index contributed by atoms with van der Waals surface area (Å²) in [6.45, 7) is 6.22. The molecule has 0 aliphatic rings. The summed E-state index contributed by atoms with van der Waals surface area (Å²) in [5.41, 5.74) is 0. The molecule has 0 aliphatic carbocycles. The van der Waals surface area contributed by atoms with Gasteiger partial charge in [0.2, 0.25) is 0 Å². The predicted octanol–water partition coefficient (Wildman–Crippen LogP) is 22.7. The quantitative estimate of drug-likeness (QED) is 0.0261. The van der Waals surface area contributed by atoms with Gasteiger partial charge in [-0.1, -0.05) is 268 Å². The van der Waals surface area contributed by atoms with Gasteiger partial charge in [0.05, 0.1) is 0 Å². The third-order valence-electron chi connectivity index (χ3n) is 13.2. The number of esters is 3. The van der Waals surface area contributed by atoms with Crippen LogP contribution in [0.25, 0.3) is 0 Å². The summed E-state index contributed by atoms with van der Waals surface area (Å²) < 4.78 is 16.8. The van der Waals surface area contributed by atoms with Crippen LogP contribution in [0.4, 0.5) is 0 Å². The van der Waals surface area contributed by atoms with Gasteiger partial charge in [0.15, 0.2) is 6.10 Å². The van der Waals surface area contributed by atoms with Crippen molar-refractivity contribution in [3.8, 4) is 0 Å². The third kappa shape index (κ3) is 65.5. The zero-order valence-corrected chi connectivity index (χ0v) is 52.0. The number of allylic oxidation sites excluding steroid dienone is 28. The summed E-state index contributed by atoms with van der Waals surface area (Å²) in [7, 11) is 0. The maximum Gasteiger partial charge on any atom is 0.306 e. The van der Waals surface area contributed by atoms with Crippen LogP contribution in [-0.2, 0) is 28.6 Å². The summed E-state index contributed by atoms with van der Waals surface area (Å²) in [5, 5.41) is 0. The van der Waals surface area contributed by atoms with Crippen molar-refractivity contribution in [2.45, 2.75) is 271 Å². The van der Waals surface area contributed by atoms with Crippen LogP contribution in [0.1, 0.15) is 265 Å². The lowest BCUT2D eigenvalue weighted by Gasteiger charge is -2.18. The summed E-state index contributed by atoms with van der Waals surface area (Å²) in [5.74, 6) is -1.00. The van der Waals surface area contributed by atoms with Gasteiger partial charge in [-0.2, -0.15) is 0 Å². The van der Waals surface area contributed by atoms with Gasteiger partial charge in [-0.25, -0.2) is 0 Å². The van der Waals surface area contributed by atoms with Crippen molar-refractivity contribution in [3.05, 3.63) is 170 Å². The van der Waals surface area contributed by atoms with Crippen LogP contribution in [0, 0.1) is 0 Å². The van der Waals surface area contributed by atoms with E-state index < -0.39 is 6.10 Å². The Hall–Kier alpha value is -5.23. The molecule has 0 aromatic rings. The van der Waals surface area contributed by atoms with Crippen molar-refractivity contribution in [3.63, 3.8) is 0 Å². The lowest BCUT2D eigenvalue weighted by Crippen LogP contribution is -2.30. The molecule has 0 fully saturated rings.